The standard InChI is InChI=1S/C22H19ClN2O5/c1-3-14-6-4-5-7-17(14)24-22(26)15-8-10-20(21(12-15)29-2)30-19-11-9-16(23)13-18(19)25(27)28/h4-13H,3H2,1-2H3,(H,24,26). The molecule has 154 valence electrons. The lowest BCUT2D eigenvalue weighted by Crippen LogP contribution is -2.13. The molecule has 0 saturated carbocycles. The van der Waals surface area contributed by atoms with E-state index >= 15 is 0 Å². The van der Waals surface area contributed by atoms with E-state index in [2.05, 4.69) is 5.32 Å². The predicted octanol–water partition coefficient (Wildman–Crippen LogP) is 5.86. The highest BCUT2D eigenvalue weighted by Gasteiger charge is 2.19. The zero-order chi connectivity index (χ0) is 21.7. The number of amides is 1. The highest BCUT2D eigenvalue weighted by Crippen LogP contribution is 2.38. The molecule has 7 nitrogen and oxygen atoms in total. The molecule has 1 amide bonds. The molecule has 0 bridgehead atoms. The Morgan fingerprint density at radius 1 is 1.07 bits per heavy atom. The minimum Gasteiger partial charge on any atom is -0.493 e. The Morgan fingerprint density at radius 3 is 2.50 bits per heavy atom. The minimum absolute atomic E-state index is 0.0109. The summed E-state index contributed by atoms with van der Waals surface area (Å²) in [5.74, 6) is 0.194. The molecular weight excluding hydrogens is 408 g/mol. The van der Waals surface area contributed by atoms with Crippen LogP contribution in [0, 0.1) is 10.1 Å². The average molecular weight is 427 g/mol. The summed E-state index contributed by atoms with van der Waals surface area (Å²) >= 11 is 5.84. The summed E-state index contributed by atoms with van der Waals surface area (Å²) in [4.78, 5) is 23.4. The molecule has 3 rings (SSSR count). The van der Waals surface area contributed by atoms with Crippen molar-refractivity contribution < 1.29 is 19.2 Å². The lowest BCUT2D eigenvalue weighted by molar-refractivity contribution is -0.385. The minimum atomic E-state index is -0.583. The lowest BCUT2D eigenvalue weighted by atomic mass is 10.1. The second kappa shape index (κ2) is 9.28. The van der Waals surface area contributed by atoms with Gasteiger partial charge in [-0.1, -0.05) is 36.7 Å². The summed E-state index contributed by atoms with van der Waals surface area (Å²) in [6.45, 7) is 2.01. The van der Waals surface area contributed by atoms with Crippen molar-refractivity contribution in [3.05, 3.63) is 86.9 Å². The number of carbonyl (C=O) groups is 1. The van der Waals surface area contributed by atoms with E-state index in [1.165, 1.54) is 37.4 Å². The average Bonchev–Trinajstić information content (AvgIpc) is 2.75. The first-order valence-corrected chi connectivity index (χ1v) is 9.49. The van der Waals surface area contributed by atoms with Gasteiger partial charge in [0.05, 0.1) is 12.0 Å². The van der Waals surface area contributed by atoms with Gasteiger partial charge in [-0.05, 0) is 48.4 Å². The molecule has 0 aliphatic heterocycles. The maximum Gasteiger partial charge on any atom is 0.313 e. The van der Waals surface area contributed by atoms with Crippen LogP contribution in [0.3, 0.4) is 0 Å². The van der Waals surface area contributed by atoms with Gasteiger partial charge in [-0.25, -0.2) is 0 Å². The van der Waals surface area contributed by atoms with Gasteiger partial charge in [-0.3, -0.25) is 14.9 Å². The summed E-state index contributed by atoms with van der Waals surface area (Å²) in [7, 11) is 1.42. The fourth-order valence-electron chi connectivity index (χ4n) is 2.88. The van der Waals surface area contributed by atoms with Crippen LogP contribution < -0.4 is 14.8 Å². The first kappa shape index (κ1) is 21.1. The van der Waals surface area contributed by atoms with Crippen LogP contribution in [0.15, 0.2) is 60.7 Å². The number of benzene rings is 3. The number of halogens is 1. The van der Waals surface area contributed by atoms with E-state index in [0.29, 0.717) is 5.56 Å². The number of aryl methyl sites for hydroxylation is 1. The SMILES string of the molecule is CCc1ccccc1NC(=O)c1ccc(Oc2ccc(Cl)cc2[N+](=O)[O-])c(OC)c1. The third kappa shape index (κ3) is 4.69. The highest BCUT2D eigenvalue weighted by atomic mass is 35.5. The Hall–Kier alpha value is -3.58. The third-order valence-electron chi connectivity index (χ3n) is 4.41. The quantitative estimate of drug-likeness (QED) is 0.377. The molecule has 0 heterocycles. The van der Waals surface area contributed by atoms with Crippen LogP contribution in [0.25, 0.3) is 0 Å². The molecule has 0 radical (unpaired) electrons. The van der Waals surface area contributed by atoms with Gasteiger partial charge in [-0.2, -0.15) is 0 Å². The summed E-state index contributed by atoms with van der Waals surface area (Å²) in [6.07, 6.45) is 0.784. The van der Waals surface area contributed by atoms with Crippen molar-refractivity contribution >= 4 is 28.9 Å². The number of nitrogens with zero attached hydrogens (tertiary/aromatic N) is 1. The summed E-state index contributed by atoms with van der Waals surface area (Å²) < 4.78 is 11.0. The van der Waals surface area contributed by atoms with Crippen molar-refractivity contribution in [2.75, 3.05) is 12.4 Å². The number of nitrogens with one attached hydrogen (secondary N) is 1. The van der Waals surface area contributed by atoms with Crippen LogP contribution in [-0.4, -0.2) is 17.9 Å². The monoisotopic (exact) mass is 426 g/mol. The van der Waals surface area contributed by atoms with Gasteiger partial charge in [0.1, 0.15) is 0 Å². The fraction of sp³-hybridized carbons (Fsp3) is 0.136. The van der Waals surface area contributed by atoms with Gasteiger partial charge in [-0.15, -0.1) is 0 Å². The molecule has 0 aromatic heterocycles. The molecule has 8 heteroatoms. The van der Waals surface area contributed by atoms with Gasteiger partial charge < -0.3 is 14.8 Å². The zero-order valence-corrected chi connectivity index (χ0v) is 17.1. The Morgan fingerprint density at radius 2 is 1.80 bits per heavy atom. The van der Waals surface area contributed by atoms with Gasteiger partial charge in [0.2, 0.25) is 5.75 Å². The maximum absolute atomic E-state index is 12.7. The van der Waals surface area contributed by atoms with Crippen molar-refractivity contribution in [2.24, 2.45) is 0 Å². The van der Waals surface area contributed by atoms with Crippen LogP contribution in [-0.2, 0) is 6.42 Å². The normalized spacial score (nSPS) is 10.4. The number of nitro groups is 1. The number of methoxy groups -OCH3 is 1. The fourth-order valence-corrected chi connectivity index (χ4v) is 3.04. The van der Waals surface area contributed by atoms with Crippen LogP contribution in [0.2, 0.25) is 5.02 Å². The largest absolute Gasteiger partial charge is 0.493 e. The van der Waals surface area contributed by atoms with E-state index in [-0.39, 0.29) is 33.9 Å². The van der Waals surface area contributed by atoms with Crippen molar-refractivity contribution in [3.8, 4) is 17.2 Å². The molecule has 0 fully saturated rings. The predicted molar refractivity (Wildman–Crippen MR) is 115 cm³/mol. The topological polar surface area (TPSA) is 90.7 Å². The van der Waals surface area contributed by atoms with Crippen molar-refractivity contribution in [3.63, 3.8) is 0 Å². The molecule has 0 aliphatic rings. The van der Waals surface area contributed by atoms with Gasteiger partial charge in [0.25, 0.3) is 5.91 Å². The lowest BCUT2D eigenvalue weighted by Gasteiger charge is -2.13. The summed E-state index contributed by atoms with van der Waals surface area (Å²) in [6, 6.07) is 16.3. The molecule has 0 unspecified atom stereocenters. The highest BCUT2D eigenvalue weighted by molar-refractivity contribution is 6.30. The second-order valence-corrected chi connectivity index (χ2v) is 6.74. The Balaban J connectivity index is 1.87. The molecule has 0 atom stereocenters. The Bertz CT molecular complexity index is 1100. The maximum atomic E-state index is 12.7. The van der Waals surface area contributed by atoms with Crippen molar-refractivity contribution in [1.29, 1.82) is 0 Å². The van der Waals surface area contributed by atoms with E-state index in [0.717, 1.165) is 17.7 Å². The van der Waals surface area contributed by atoms with Crippen LogP contribution >= 0.6 is 11.6 Å². The Labute approximate surface area is 178 Å². The molecule has 3 aromatic rings. The van der Waals surface area contributed by atoms with E-state index in [1.807, 2.05) is 31.2 Å². The first-order chi connectivity index (χ1) is 14.4. The second-order valence-electron chi connectivity index (χ2n) is 6.30. The number of anilines is 1. The number of hydrogen-bond donors (Lipinski definition) is 1. The summed E-state index contributed by atoms with van der Waals surface area (Å²) in [5, 5.41) is 14.4. The number of nitro benzene ring substituents is 1. The molecule has 1 N–H and O–H groups in total. The molecule has 0 aliphatic carbocycles. The van der Waals surface area contributed by atoms with Gasteiger partial charge >= 0.3 is 5.69 Å². The van der Waals surface area contributed by atoms with Crippen LogP contribution in [0.5, 0.6) is 17.2 Å². The molecule has 0 saturated heterocycles. The Kier molecular flexibility index (Phi) is 6.54. The number of para-hydroxylation sites is 1. The number of rotatable bonds is 7. The van der Waals surface area contributed by atoms with E-state index in [9.17, 15) is 14.9 Å². The number of ether oxygens (including phenoxy) is 2. The molecule has 3 aromatic carbocycles. The smallest absolute Gasteiger partial charge is 0.313 e. The summed E-state index contributed by atoms with van der Waals surface area (Å²) in [5.41, 5.74) is 1.84. The first-order valence-electron chi connectivity index (χ1n) is 9.12. The van der Waals surface area contributed by atoms with Crippen LogP contribution in [0.4, 0.5) is 11.4 Å². The number of carbonyl (C=O) groups excluding carboxylic acids is 1. The number of hydrogen-bond acceptors (Lipinski definition) is 5. The van der Waals surface area contributed by atoms with E-state index in [1.54, 1.807) is 6.07 Å². The van der Waals surface area contributed by atoms with E-state index in [4.69, 9.17) is 21.1 Å². The molecule has 0 spiro atoms. The van der Waals surface area contributed by atoms with Gasteiger partial charge in [0.15, 0.2) is 11.5 Å². The molecule has 30 heavy (non-hydrogen) atoms. The third-order valence-corrected chi connectivity index (χ3v) is 4.64. The van der Waals surface area contributed by atoms with Crippen molar-refractivity contribution in [1.82, 2.24) is 0 Å². The van der Waals surface area contributed by atoms with E-state index < -0.39 is 4.92 Å². The van der Waals surface area contributed by atoms with Gasteiger partial charge in [0, 0.05) is 22.3 Å². The van der Waals surface area contributed by atoms with Crippen LogP contribution in [0.1, 0.15) is 22.8 Å². The zero-order valence-electron chi connectivity index (χ0n) is 16.3. The van der Waals surface area contributed by atoms with Crippen molar-refractivity contribution in [2.45, 2.75) is 13.3 Å². The molecular formula is C22H19ClN2O5.